The molecule has 152 valence electrons. The molecule has 3 rings (SSSR count). The maximum Gasteiger partial charge on any atom is 0.122 e. The molecule has 0 fully saturated rings. The van der Waals surface area contributed by atoms with Gasteiger partial charge < -0.3 is 4.74 Å². The fourth-order valence-corrected chi connectivity index (χ4v) is 3.62. The first-order valence-corrected chi connectivity index (χ1v) is 11.1. The van der Waals surface area contributed by atoms with Gasteiger partial charge in [-0.15, -0.1) is 0 Å². The Kier molecular flexibility index (Phi) is 7.93. The summed E-state index contributed by atoms with van der Waals surface area (Å²) < 4.78 is 5.89. The maximum absolute atomic E-state index is 5.89. The van der Waals surface area contributed by atoms with E-state index < -0.39 is 0 Å². The van der Waals surface area contributed by atoms with E-state index in [0.717, 1.165) is 25.2 Å². The van der Waals surface area contributed by atoms with Gasteiger partial charge in [-0.3, -0.25) is 0 Å². The van der Waals surface area contributed by atoms with Crippen LogP contribution in [-0.2, 0) is 6.42 Å². The molecular formula is C28H34O. The van der Waals surface area contributed by atoms with E-state index in [1.165, 1.54) is 59.1 Å². The molecule has 3 aromatic rings. The van der Waals surface area contributed by atoms with Crippen molar-refractivity contribution in [2.75, 3.05) is 6.61 Å². The Morgan fingerprint density at radius 3 is 1.76 bits per heavy atom. The van der Waals surface area contributed by atoms with Crippen molar-refractivity contribution < 1.29 is 4.74 Å². The quantitative estimate of drug-likeness (QED) is 0.319. The smallest absolute Gasteiger partial charge is 0.122 e. The van der Waals surface area contributed by atoms with Gasteiger partial charge in [-0.05, 0) is 71.7 Å². The van der Waals surface area contributed by atoms with Crippen LogP contribution in [-0.4, -0.2) is 6.61 Å². The number of unbranched alkanes of at least 4 members (excludes halogenated alkanes) is 3. The predicted molar refractivity (Wildman–Crippen MR) is 126 cm³/mol. The van der Waals surface area contributed by atoms with Crippen LogP contribution >= 0.6 is 0 Å². The van der Waals surface area contributed by atoms with Gasteiger partial charge in [0.1, 0.15) is 5.75 Å². The van der Waals surface area contributed by atoms with Crippen LogP contribution in [0.25, 0.3) is 22.3 Å². The Labute approximate surface area is 176 Å². The first kappa shape index (κ1) is 21.2. The summed E-state index contributed by atoms with van der Waals surface area (Å²) in [6, 6.07) is 24.4. The van der Waals surface area contributed by atoms with Crippen molar-refractivity contribution in [1.82, 2.24) is 0 Å². The normalized spacial score (nSPS) is 10.9. The highest BCUT2D eigenvalue weighted by atomic mass is 16.5. The fourth-order valence-electron chi connectivity index (χ4n) is 3.62. The molecule has 0 radical (unpaired) electrons. The second-order valence-electron chi connectivity index (χ2n) is 7.91. The molecule has 0 amide bonds. The van der Waals surface area contributed by atoms with E-state index in [-0.39, 0.29) is 0 Å². The molecule has 0 aliphatic rings. The van der Waals surface area contributed by atoms with E-state index >= 15 is 0 Å². The lowest BCUT2D eigenvalue weighted by atomic mass is 9.98. The SMILES string of the molecule is CCCCCc1ccc(-c2ccc(-c3ccc(OCCCC)c(C)c3)cc2)cc1. The van der Waals surface area contributed by atoms with Crippen molar-refractivity contribution in [3.63, 3.8) is 0 Å². The van der Waals surface area contributed by atoms with Crippen LogP contribution < -0.4 is 4.74 Å². The highest BCUT2D eigenvalue weighted by Gasteiger charge is 2.05. The molecule has 0 aromatic heterocycles. The van der Waals surface area contributed by atoms with Crippen LogP contribution in [0, 0.1) is 6.92 Å². The molecule has 0 N–H and O–H groups in total. The van der Waals surface area contributed by atoms with Crippen molar-refractivity contribution in [2.24, 2.45) is 0 Å². The fraction of sp³-hybridized carbons (Fsp3) is 0.357. The molecular weight excluding hydrogens is 352 g/mol. The average molecular weight is 387 g/mol. The Bertz CT molecular complexity index is 875. The third kappa shape index (κ3) is 5.97. The highest BCUT2D eigenvalue weighted by molar-refractivity contribution is 5.71. The Morgan fingerprint density at radius 2 is 1.17 bits per heavy atom. The van der Waals surface area contributed by atoms with Crippen LogP contribution in [0.1, 0.15) is 57.1 Å². The molecule has 0 saturated carbocycles. The average Bonchev–Trinajstić information content (AvgIpc) is 2.76. The predicted octanol–water partition coefficient (Wildman–Crippen LogP) is 8.24. The Morgan fingerprint density at radius 1 is 0.621 bits per heavy atom. The van der Waals surface area contributed by atoms with Gasteiger partial charge in [-0.1, -0.05) is 87.7 Å². The zero-order valence-corrected chi connectivity index (χ0v) is 18.2. The van der Waals surface area contributed by atoms with E-state index in [2.05, 4.69) is 87.5 Å². The largest absolute Gasteiger partial charge is 0.493 e. The topological polar surface area (TPSA) is 9.23 Å². The minimum absolute atomic E-state index is 0.794. The summed E-state index contributed by atoms with van der Waals surface area (Å²) in [5.74, 6) is 0.998. The molecule has 0 atom stereocenters. The molecule has 1 heteroatoms. The van der Waals surface area contributed by atoms with Gasteiger partial charge in [-0.2, -0.15) is 0 Å². The van der Waals surface area contributed by atoms with Crippen LogP contribution in [0.3, 0.4) is 0 Å². The summed E-state index contributed by atoms with van der Waals surface area (Å²) in [5, 5.41) is 0. The van der Waals surface area contributed by atoms with Gasteiger partial charge in [0.25, 0.3) is 0 Å². The lowest BCUT2D eigenvalue weighted by Crippen LogP contribution is -1.98. The van der Waals surface area contributed by atoms with E-state index in [0.29, 0.717) is 0 Å². The Balaban J connectivity index is 1.67. The summed E-state index contributed by atoms with van der Waals surface area (Å²) in [7, 11) is 0. The summed E-state index contributed by atoms with van der Waals surface area (Å²) in [6.07, 6.45) is 7.32. The zero-order valence-electron chi connectivity index (χ0n) is 18.2. The highest BCUT2D eigenvalue weighted by Crippen LogP contribution is 2.29. The number of rotatable bonds is 10. The second kappa shape index (κ2) is 10.9. The number of benzene rings is 3. The van der Waals surface area contributed by atoms with Gasteiger partial charge in [-0.25, -0.2) is 0 Å². The molecule has 0 bridgehead atoms. The summed E-state index contributed by atoms with van der Waals surface area (Å²) in [4.78, 5) is 0. The molecule has 0 aliphatic carbocycles. The van der Waals surface area contributed by atoms with Crippen LogP contribution in [0.2, 0.25) is 0 Å². The first-order chi connectivity index (χ1) is 14.2. The van der Waals surface area contributed by atoms with Crippen LogP contribution in [0.15, 0.2) is 66.7 Å². The first-order valence-electron chi connectivity index (χ1n) is 11.1. The summed E-state index contributed by atoms with van der Waals surface area (Å²) >= 11 is 0. The standard InChI is InChI=1S/C28H34O/c1-4-6-8-9-23-10-12-24(13-11-23)25-14-16-26(17-15-25)27-18-19-28(22(3)21-27)29-20-7-5-2/h10-19,21H,4-9,20H2,1-3H3. The van der Waals surface area contributed by atoms with E-state index in [9.17, 15) is 0 Å². The minimum atomic E-state index is 0.794. The van der Waals surface area contributed by atoms with Crippen molar-refractivity contribution in [3.05, 3.63) is 77.9 Å². The molecule has 1 nitrogen and oxygen atoms in total. The summed E-state index contributed by atoms with van der Waals surface area (Å²) in [6.45, 7) is 7.36. The molecule has 29 heavy (non-hydrogen) atoms. The number of hydrogen-bond acceptors (Lipinski definition) is 1. The minimum Gasteiger partial charge on any atom is -0.493 e. The van der Waals surface area contributed by atoms with E-state index in [1.54, 1.807) is 0 Å². The third-order valence-corrected chi connectivity index (χ3v) is 5.50. The molecule has 0 unspecified atom stereocenters. The number of aryl methyl sites for hydroxylation is 2. The molecule has 0 saturated heterocycles. The van der Waals surface area contributed by atoms with Crippen LogP contribution in [0.5, 0.6) is 5.75 Å². The van der Waals surface area contributed by atoms with E-state index in [1.807, 2.05) is 0 Å². The third-order valence-electron chi connectivity index (χ3n) is 5.50. The van der Waals surface area contributed by atoms with Crippen LogP contribution in [0.4, 0.5) is 0 Å². The van der Waals surface area contributed by atoms with Gasteiger partial charge in [0.15, 0.2) is 0 Å². The van der Waals surface area contributed by atoms with Crippen molar-refractivity contribution in [3.8, 4) is 28.0 Å². The zero-order chi connectivity index (χ0) is 20.5. The van der Waals surface area contributed by atoms with Crippen molar-refractivity contribution in [1.29, 1.82) is 0 Å². The Hall–Kier alpha value is -2.54. The monoisotopic (exact) mass is 386 g/mol. The molecule has 0 spiro atoms. The molecule has 0 heterocycles. The van der Waals surface area contributed by atoms with Gasteiger partial charge in [0, 0.05) is 0 Å². The summed E-state index contributed by atoms with van der Waals surface area (Å²) in [5.41, 5.74) is 7.67. The molecule has 0 aliphatic heterocycles. The number of hydrogen-bond donors (Lipinski definition) is 0. The number of ether oxygens (including phenoxy) is 1. The van der Waals surface area contributed by atoms with Crippen molar-refractivity contribution >= 4 is 0 Å². The van der Waals surface area contributed by atoms with E-state index in [4.69, 9.17) is 4.74 Å². The lowest BCUT2D eigenvalue weighted by Gasteiger charge is -2.11. The molecule has 3 aromatic carbocycles. The lowest BCUT2D eigenvalue weighted by molar-refractivity contribution is 0.307. The van der Waals surface area contributed by atoms with Gasteiger partial charge in [0.2, 0.25) is 0 Å². The van der Waals surface area contributed by atoms with Gasteiger partial charge in [0.05, 0.1) is 6.61 Å². The van der Waals surface area contributed by atoms with Crippen molar-refractivity contribution in [2.45, 2.75) is 59.3 Å². The maximum atomic E-state index is 5.89. The second-order valence-corrected chi connectivity index (χ2v) is 7.91. The van der Waals surface area contributed by atoms with Gasteiger partial charge >= 0.3 is 0 Å².